The van der Waals surface area contributed by atoms with E-state index in [-0.39, 0.29) is 5.91 Å². The summed E-state index contributed by atoms with van der Waals surface area (Å²) in [6.45, 7) is 5.59. The number of aromatic nitrogens is 2. The Kier molecular flexibility index (Phi) is 6.19. The molecule has 6 heteroatoms. The summed E-state index contributed by atoms with van der Waals surface area (Å²) in [6, 6.07) is 20.4. The Morgan fingerprint density at radius 1 is 1.00 bits per heavy atom. The number of amides is 1. The van der Waals surface area contributed by atoms with Gasteiger partial charge in [0.1, 0.15) is 5.15 Å². The maximum absolute atomic E-state index is 12.7. The summed E-state index contributed by atoms with van der Waals surface area (Å²) in [5.41, 5.74) is 3.94. The summed E-state index contributed by atoms with van der Waals surface area (Å²) in [5, 5.41) is 5.09. The standard InChI is InChI=1S/C24H25ClN4O/c1-19-22(24(25)29(26-19)18-20-8-4-2-5-9-20)12-13-23(30)28-16-14-27(15-17-28)21-10-6-3-7-11-21/h2-13H,14-18H2,1H3/b13-12+. The lowest BCUT2D eigenvalue weighted by molar-refractivity contribution is -0.126. The van der Waals surface area contributed by atoms with Crippen molar-refractivity contribution in [3.8, 4) is 0 Å². The molecule has 1 aromatic heterocycles. The molecular weight excluding hydrogens is 396 g/mol. The number of anilines is 1. The highest BCUT2D eigenvalue weighted by atomic mass is 35.5. The van der Waals surface area contributed by atoms with Gasteiger partial charge < -0.3 is 9.80 Å². The van der Waals surface area contributed by atoms with Crippen LogP contribution in [-0.2, 0) is 11.3 Å². The van der Waals surface area contributed by atoms with Gasteiger partial charge in [-0.3, -0.25) is 4.79 Å². The van der Waals surface area contributed by atoms with Crippen LogP contribution in [0.2, 0.25) is 5.15 Å². The van der Waals surface area contributed by atoms with Crippen molar-refractivity contribution in [2.45, 2.75) is 13.5 Å². The Morgan fingerprint density at radius 2 is 1.63 bits per heavy atom. The number of benzene rings is 2. The van der Waals surface area contributed by atoms with Crippen LogP contribution in [0.4, 0.5) is 5.69 Å². The molecule has 0 N–H and O–H groups in total. The molecule has 0 aliphatic carbocycles. The predicted molar refractivity (Wildman–Crippen MR) is 122 cm³/mol. The largest absolute Gasteiger partial charge is 0.368 e. The zero-order valence-corrected chi connectivity index (χ0v) is 17.8. The average Bonchev–Trinajstić information content (AvgIpc) is 3.05. The molecule has 0 bridgehead atoms. The molecule has 5 nitrogen and oxygen atoms in total. The first-order valence-corrected chi connectivity index (χ1v) is 10.5. The molecule has 2 heterocycles. The van der Waals surface area contributed by atoms with Crippen LogP contribution in [0, 0.1) is 6.92 Å². The Bertz CT molecular complexity index is 1020. The minimum atomic E-state index is 0.00832. The number of hydrogen-bond donors (Lipinski definition) is 0. The number of aryl methyl sites for hydroxylation is 1. The minimum absolute atomic E-state index is 0.00832. The monoisotopic (exact) mass is 420 g/mol. The van der Waals surface area contributed by atoms with E-state index < -0.39 is 0 Å². The maximum Gasteiger partial charge on any atom is 0.246 e. The van der Waals surface area contributed by atoms with Crippen LogP contribution in [0.25, 0.3) is 6.08 Å². The number of piperazine rings is 1. The lowest BCUT2D eigenvalue weighted by atomic mass is 10.2. The average molecular weight is 421 g/mol. The number of carbonyl (C=O) groups is 1. The van der Waals surface area contributed by atoms with E-state index in [4.69, 9.17) is 11.6 Å². The Hall–Kier alpha value is -3.05. The van der Waals surface area contributed by atoms with E-state index in [1.807, 2.05) is 60.4 Å². The summed E-state index contributed by atoms with van der Waals surface area (Å²) in [5.74, 6) is 0.00832. The van der Waals surface area contributed by atoms with Crippen molar-refractivity contribution >= 4 is 29.3 Å². The van der Waals surface area contributed by atoms with Gasteiger partial charge in [0, 0.05) is 43.5 Å². The summed E-state index contributed by atoms with van der Waals surface area (Å²) in [4.78, 5) is 16.9. The highest BCUT2D eigenvalue weighted by Crippen LogP contribution is 2.23. The van der Waals surface area contributed by atoms with Crippen LogP contribution < -0.4 is 4.90 Å². The van der Waals surface area contributed by atoms with Gasteiger partial charge in [0.25, 0.3) is 0 Å². The van der Waals surface area contributed by atoms with Crippen molar-refractivity contribution in [2.24, 2.45) is 0 Å². The lowest BCUT2D eigenvalue weighted by Gasteiger charge is -2.35. The highest BCUT2D eigenvalue weighted by molar-refractivity contribution is 6.31. The van der Waals surface area contributed by atoms with Crippen LogP contribution in [0.5, 0.6) is 0 Å². The van der Waals surface area contributed by atoms with Gasteiger partial charge in [0.15, 0.2) is 0 Å². The van der Waals surface area contributed by atoms with E-state index in [0.29, 0.717) is 24.8 Å². The number of halogens is 1. The fourth-order valence-electron chi connectivity index (χ4n) is 3.70. The minimum Gasteiger partial charge on any atom is -0.368 e. The number of carbonyl (C=O) groups excluding carboxylic acids is 1. The third kappa shape index (κ3) is 4.57. The summed E-state index contributed by atoms with van der Waals surface area (Å²) >= 11 is 6.55. The second-order valence-electron chi connectivity index (χ2n) is 7.41. The fourth-order valence-corrected chi connectivity index (χ4v) is 4.00. The lowest BCUT2D eigenvalue weighted by Crippen LogP contribution is -2.48. The van der Waals surface area contributed by atoms with Crippen LogP contribution in [-0.4, -0.2) is 46.8 Å². The molecule has 1 aliphatic rings. The van der Waals surface area contributed by atoms with Crippen molar-refractivity contribution in [3.05, 3.63) is 88.7 Å². The third-order valence-corrected chi connectivity index (χ3v) is 5.79. The molecule has 0 saturated carbocycles. The van der Waals surface area contributed by atoms with Crippen molar-refractivity contribution < 1.29 is 4.79 Å². The second kappa shape index (κ2) is 9.18. The molecule has 1 saturated heterocycles. The molecule has 0 radical (unpaired) electrons. The highest BCUT2D eigenvalue weighted by Gasteiger charge is 2.20. The second-order valence-corrected chi connectivity index (χ2v) is 7.77. The van der Waals surface area contributed by atoms with E-state index in [2.05, 4.69) is 22.1 Å². The molecule has 3 aromatic rings. The van der Waals surface area contributed by atoms with E-state index in [1.165, 1.54) is 5.69 Å². The predicted octanol–water partition coefficient (Wildman–Crippen LogP) is 4.26. The summed E-state index contributed by atoms with van der Waals surface area (Å²) in [6.07, 6.45) is 3.40. The normalized spacial score (nSPS) is 14.5. The van der Waals surface area contributed by atoms with E-state index >= 15 is 0 Å². The zero-order chi connectivity index (χ0) is 20.9. The van der Waals surface area contributed by atoms with E-state index in [9.17, 15) is 4.79 Å². The quantitative estimate of drug-likeness (QED) is 0.579. The molecule has 1 fully saturated rings. The van der Waals surface area contributed by atoms with Crippen molar-refractivity contribution in [2.75, 3.05) is 31.1 Å². The Labute approximate surface area is 182 Å². The molecule has 0 spiro atoms. The molecule has 0 unspecified atom stereocenters. The van der Waals surface area contributed by atoms with Gasteiger partial charge in [-0.25, -0.2) is 4.68 Å². The van der Waals surface area contributed by atoms with E-state index in [1.54, 1.807) is 16.8 Å². The van der Waals surface area contributed by atoms with Crippen LogP contribution in [0.1, 0.15) is 16.8 Å². The van der Waals surface area contributed by atoms with Gasteiger partial charge >= 0.3 is 0 Å². The SMILES string of the molecule is Cc1nn(Cc2ccccc2)c(Cl)c1/C=C/C(=O)N1CCN(c2ccccc2)CC1. The van der Waals surface area contributed by atoms with Crippen molar-refractivity contribution in [1.82, 2.24) is 14.7 Å². The molecular formula is C24H25ClN4O. The summed E-state index contributed by atoms with van der Waals surface area (Å²) in [7, 11) is 0. The maximum atomic E-state index is 12.7. The number of rotatable bonds is 5. The van der Waals surface area contributed by atoms with Gasteiger partial charge in [-0.1, -0.05) is 60.1 Å². The Balaban J connectivity index is 1.39. The third-order valence-electron chi connectivity index (χ3n) is 5.39. The number of hydrogen-bond acceptors (Lipinski definition) is 3. The van der Waals surface area contributed by atoms with Crippen LogP contribution >= 0.6 is 11.6 Å². The molecule has 0 atom stereocenters. The molecule has 30 heavy (non-hydrogen) atoms. The summed E-state index contributed by atoms with van der Waals surface area (Å²) < 4.78 is 1.77. The molecule has 1 aliphatic heterocycles. The molecule has 154 valence electrons. The first kappa shape index (κ1) is 20.2. The first-order valence-electron chi connectivity index (χ1n) is 10.2. The van der Waals surface area contributed by atoms with Gasteiger partial charge in [-0.05, 0) is 30.7 Å². The molecule has 4 rings (SSSR count). The van der Waals surface area contributed by atoms with Gasteiger partial charge in [0.2, 0.25) is 5.91 Å². The number of nitrogens with zero attached hydrogens (tertiary/aromatic N) is 4. The van der Waals surface area contributed by atoms with Crippen molar-refractivity contribution in [1.29, 1.82) is 0 Å². The van der Waals surface area contributed by atoms with Crippen LogP contribution in [0.15, 0.2) is 66.7 Å². The van der Waals surface area contributed by atoms with Gasteiger partial charge in [-0.15, -0.1) is 0 Å². The van der Waals surface area contributed by atoms with Crippen LogP contribution in [0.3, 0.4) is 0 Å². The van der Waals surface area contributed by atoms with Crippen molar-refractivity contribution in [3.63, 3.8) is 0 Å². The molecule has 2 aromatic carbocycles. The fraction of sp³-hybridized carbons (Fsp3) is 0.250. The van der Waals surface area contributed by atoms with Gasteiger partial charge in [0.05, 0.1) is 12.2 Å². The molecule has 1 amide bonds. The topological polar surface area (TPSA) is 41.4 Å². The number of para-hydroxylation sites is 1. The first-order chi connectivity index (χ1) is 14.6. The van der Waals surface area contributed by atoms with E-state index in [0.717, 1.165) is 29.9 Å². The smallest absolute Gasteiger partial charge is 0.246 e. The Morgan fingerprint density at radius 3 is 2.30 bits per heavy atom. The zero-order valence-electron chi connectivity index (χ0n) is 17.0. The van der Waals surface area contributed by atoms with Gasteiger partial charge in [-0.2, -0.15) is 5.10 Å².